The van der Waals surface area contributed by atoms with Crippen LogP contribution in [0, 0.1) is 0 Å². The summed E-state index contributed by atoms with van der Waals surface area (Å²) in [4.78, 5) is 0. The Morgan fingerprint density at radius 1 is 1.29 bits per heavy atom. The molecule has 0 radical (unpaired) electrons. The molecule has 1 aromatic carbocycles. The molecule has 0 aliphatic carbocycles. The van der Waals surface area contributed by atoms with Gasteiger partial charge in [-0.2, -0.15) is 0 Å². The first kappa shape index (κ1) is 10.5. The molecule has 2 N–H and O–H groups in total. The normalized spacial score (nSPS) is 21.1. The summed E-state index contributed by atoms with van der Waals surface area (Å²) in [6.07, 6.45) is 1.19. The summed E-state index contributed by atoms with van der Waals surface area (Å²) in [5.41, 5.74) is 1.15. The zero-order valence-electron chi connectivity index (χ0n) is 7.69. The van der Waals surface area contributed by atoms with Gasteiger partial charge in [0, 0.05) is 21.5 Å². The Morgan fingerprint density at radius 2 is 2.00 bits per heavy atom. The van der Waals surface area contributed by atoms with Crippen LogP contribution >= 0.6 is 31.9 Å². The Labute approximate surface area is 101 Å². The Kier molecular flexibility index (Phi) is 3.47. The molecular formula is C10H12Br2N2. The molecule has 1 unspecified atom stereocenters. The second kappa shape index (κ2) is 4.64. The minimum Gasteiger partial charge on any atom is -0.379 e. The zero-order valence-corrected chi connectivity index (χ0v) is 10.9. The maximum atomic E-state index is 3.54. The van der Waals surface area contributed by atoms with E-state index >= 15 is 0 Å². The lowest BCUT2D eigenvalue weighted by atomic mass is 10.2. The zero-order chi connectivity index (χ0) is 9.97. The Bertz CT molecular complexity index is 302. The number of hydrogen-bond donors (Lipinski definition) is 2. The minimum atomic E-state index is 0.546. The molecular weight excluding hydrogens is 308 g/mol. The maximum Gasteiger partial charge on any atom is 0.0631 e. The lowest BCUT2D eigenvalue weighted by molar-refractivity contribution is 0.792. The first-order valence-corrected chi connectivity index (χ1v) is 6.27. The fraction of sp³-hybridized carbons (Fsp3) is 0.400. The summed E-state index contributed by atoms with van der Waals surface area (Å²) in [6.45, 7) is 2.16. The van der Waals surface area contributed by atoms with Gasteiger partial charge in [0.25, 0.3) is 0 Å². The van der Waals surface area contributed by atoms with Crippen molar-refractivity contribution in [3.63, 3.8) is 0 Å². The van der Waals surface area contributed by atoms with E-state index in [1.165, 1.54) is 6.42 Å². The highest BCUT2D eigenvalue weighted by atomic mass is 79.9. The second-order valence-electron chi connectivity index (χ2n) is 3.43. The van der Waals surface area contributed by atoms with Gasteiger partial charge in [0.2, 0.25) is 0 Å². The van der Waals surface area contributed by atoms with Crippen molar-refractivity contribution in [2.24, 2.45) is 0 Å². The third kappa shape index (κ3) is 2.30. The molecule has 0 saturated carbocycles. The van der Waals surface area contributed by atoms with Gasteiger partial charge < -0.3 is 10.6 Å². The third-order valence-electron chi connectivity index (χ3n) is 2.37. The van der Waals surface area contributed by atoms with Crippen molar-refractivity contribution in [3.05, 3.63) is 27.1 Å². The molecule has 0 spiro atoms. The number of hydrogen-bond acceptors (Lipinski definition) is 2. The smallest absolute Gasteiger partial charge is 0.0631 e. The SMILES string of the molecule is Brc1cccc(Br)c1NC1CCNC1. The van der Waals surface area contributed by atoms with Gasteiger partial charge in [-0.25, -0.2) is 0 Å². The fourth-order valence-corrected chi connectivity index (χ4v) is 2.85. The molecule has 1 aliphatic heterocycles. The summed E-state index contributed by atoms with van der Waals surface area (Å²) >= 11 is 7.08. The highest BCUT2D eigenvalue weighted by molar-refractivity contribution is 9.11. The van der Waals surface area contributed by atoms with Gasteiger partial charge >= 0.3 is 0 Å². The second-order valence-corrected chi connectivity index (χ2v) is 5.14. The number of halogens is 2. The van der Waals surface area contributed by atoms with E-state index in [9.17, 15) is 0 Å². The molecule has 1 atom stereocenters. The molecule has 2 rings (SSSR count). The lowest BCUT2D eigenvalue weighted by Crippen LogP contribution is -2.22. The Balaban J connectivity index is 2.14. The molecule has 0 aromatic heterocycles. The molecule has 0 amide bonds. The van der Waals surface area contributed by atoms with Gasteiger partial charge in [-0.1, -0.05) is 6.07 Å². The van der Waals surface area contributed by atoms with E-state index in [2.05, 4.69) is 54.6 Å². The van der Waals surface area contributed by atoms with E-state index in [1.807, 2.05) is 6.07 Å². The lowest BCUT2D eigenvalue weighted by Gasteiger charge is -2.15. The predicted molar refractivity (Wildman–Crippen MR) is 66.7 cm³/mol. The number of benzene rings is 1. The van der Waals surface area contributed by atoms with Crippen LogP contribution in [0.1, 0.15) is 6.42 Å². The average molecular weight is 320 g/mol. The largest absolute Gasteiger partial charge is 0.379 e. The molecule has 76 valence electrons. The van der Waals surface area contributed by atoms with Gasteiger partial charge in [0.1, 0.15) is 0 Å². The van der Waals surface area contributed by atoms with E-state index in [0.717, 1.165) is 27.7 Å². The fourth-order valence-electron chi connectivity index (χ4n) is 1.62. The molecule has 1 aliphatic rings. The summed E-state index contributed by atoms with van der Waals surface area (Å²) in [5.74, 6) is 0. The standard InChI is InChI=1S/C10H12Br2N2/c11-8-2-1-3-9(12)10(8)14-7-4-5-13-6-7/h1-3,7,13-14H,4-6H2. The van der Waals surface area contributed by atoms with Crippen LogP contribution in [0.5, 0.6) is 0 Å². The highest BCUT2D eigenvalue weighted by Crippen LogP contribution is 2.31. The van der Waals surface area contributed by atoms with E-state index in [1.54, 1.807) is 0 Å². The minimum absolute atomic E-state index is 0.546. The third-order valence-corrected chi connectivity index (χ3v) is 3.69. The number of nitrogens with one attached hydrogen (secondary N) is 2. The summed E-state index contributed by atoms with van der Waals surface area (Å²) in [6, 6.07) is 6.67. The van der Waals surface area contributed by atoms with E-state index in [-0.39, 0.29) is 0 Å². The predicted octanol–water partition coefficient (Wildman–Crippen LogP) is 2.99. The molecule has 4 heteroatoms. The highest BCUT2D eigenvalue weighted by Gasteiger charge is 2.15. The first-order valence-electron chi connectivity index (χ1n) is 4.68. The summed E-state index contributed by atoms with van der Waals surface area (Å²) in [7, 11) is 0. The van der Waals surface area contributed by atoms with Gasteiger partial charge in [-0.3, -0.25) is 0 Å². The molecule has 14 heavy (non-hydrogen) atoms. The van der Waals surface area contributed by atoms with Crippen LogP contribution in [0.15, 0.2) is 27.1 Å². The number of para-hydroxylation sites is 1. The molecule has 1 fully saturated rings. The van der Waals surface area contributed by atoms with Gasteiger partial charge in [0.15, 0.2) is 0 Å². The van der Waals surface area contributed by atoms with Crippen LogP contribution in [0.4, 0.5) is 5.69 Å². The van der Waals surface area contributed by atoms with Gasteiger partial charge in [0.05, 0.1) is 5.69 Å². The van der Waals surface area contributed by atoms with E-state index in [4.69, 9.17) is 0 Å². The van der Waals surface area contributed by atoms with Crippen molar-refractivity contribution in [1.29, 1.82) is 0 Å². The van der Waals surface area contributed by atoms with E-state index in [0.29, 0.717) is 6.04 Å². The van der Waals surface area contributed by atoms with Gasteiger partial charge in [-0.05, 0) is 57.0 Å². The average Bonchev–Trinajstić information content (AvgIpc) is 2.64. The van der Waals surface area contributed by atoms with Crippen molar-refractivity contribution in [2.45, 2.75) is 12.5 Å². The van der Waals surface area contributed by atoms with Gasteiger partial charge in [-0.15, -0.1) is 0 Å². The van der Waals surface area contributed by atoms with Crippen molar-refractivity contribution < 1.29 is 0 Å². The summed E-state index contributed by atoms with van der Waals surface area (Å²) in [5, 5.41) is 6.86. The van der Waals surface area contributed by atoms with Crippen molar-refractivity contribution >= 4 is 37.5 Å². The molecule has 1 heterocycles. The van der Waals surface area contributed by atoms with Crippen LogP contribution in [-0.2, 0) is 0 Å². The van der Waals surface area contributed by atoms with Crippen molar-refractivity contribution in [2.75, 3.05) is 18.4 Å². The van der Waals surface area contributed by atoms with Crippen LogP contribution in [0.2, 0.25) is 0 Å². The van der Waals surface area contributed by atoms with Crippen LogP contribution < -0.4 is 10.6 Å². The molecule has 0 bridgehead atoms. The van der Waals surface area contributed by atoms with Crippen molar-refractivity contribution in [3.8, 4) is 0 Å². The molecule has 2 nitrogen and oxygen atoms in total. The monoisotopic (exact) mass is 318 g/mol. The van der Waals surface area contributed by atoms with Crippen molar-refractivity contribution in [1.82, 2.24) is 5.32 Å². The van der Waals surface area contributed by atoms with Crippen LogP contribution in [-0.4, -0.2) is 19.1 Å². The number of rotatable bonds is 2. The molecule has 1 saturated heterocycles. The number of anilines is 1. The topological polar surface area (TPSA) is 24.1 Å². The van der Waals surface area contributed by atoms with Crippen LogP contribution in [0.25, 0.3) is 0 Å². The maximum absolute atomic E-state index is 3.54. The van der Waals surface area contributed by atoms with Crippen LogP contribution in [0.3, 0.4) is 0 Å². The Hall–Kier alpha value is -0.0600. The summed E-state index contributed by atoms with van der Waals surface area (Å²) < 4.78 is 2.22. The quantitative estimate of drug-likeness (QED) is 0.875. The Morgan fingerprint density at radius 3 is 2.57 bits per heavy atom. The van der Waals surface area contributed by atoms with E-state index < -0.39 is 0 Å². The molecule has 1 aromatic rings. The first-order chi connectivity index (χ1) is 6.77.